The van der Waals surface area contributed by atoms with Gasteiger partial charge in [0.25, 0.3) is 5.56 Å². The van der Waals surface area contributed by atoms with Crippen molar-refractivity contribution in [3.8, 4) is 11.3 Å². The maximum atomic E-state index is 12.2. The Labute approximate surface area is 134 Å². The molecule has 0 aromatic carbocycles. The van der Waals surface area contributed by atoms with Crippen molar-refractivity contribution in [1.29, 1.82) is 0 Å². The lowest BCUT2D eigenvalue weighted by Crippen LogP contribution is -2.41. The maximum Gasteiger partial charge on any atom is 0.251 e. The van der Waals surface area contributed by atoms with Gasteiger partial charge in [-0.2, -0.15) is 0 Å². The van der Waals surface area contributed by atoms with Gasteiger partial charge < -0.3 is 14.6 Å². The van der Waals surface area contributed by atoms with Crippen LogP contribution in [0.4, 0.5) is 0 Å². The van der Waals surface area contributed by atoms with Crippen LogP contribution in [0.1, 0.15) is 12.8 Å². The highest BCUT2D eigenvalue weighted by Crippen LogP contribution is 2.13. The van der Waals surface area contributed by atoms with E-state index in [9.17, 15) is 9.59 Å². The summed E-state index contributed by atoms with van der Waals surface area (Å²) in [6.45, 7) is 1.34. The Kier molecular flexibility index (Phi) is 4.83. The second kappa shape index (κ2) is 7.19. The number of pyridine rings is 2. The van der Waals surface area contributed by atoms with Crippen LogP contribution in [0, 0.1) is 0 Å². The van der Waals surface area contributed by atoms with E-state index in [1.54, 1.807) is 18.5 Å². The van der Waals surface area contributed by atoms with Crippen LogP contribution < -0.4 is 10.9 Å². The third-order valence-corrected chi connectivity index (χ3v) is 3.84. The van der Waals surface area contributed by atoms with Crippen LogP contribution in [0.3, 0.4) is 0 Å². The van der Waals surface area contributed by atoms with Crippen LogP contribution in [0.2, 0.25) is 0 Å². The fourth-order valence-electron chi connectivity index (χ4n) is 2.61. The van der Waals surface area contributed by atoms with Crippen molar-refractivity contribution in [3.63, 3.8) is 0 Å². The molecule has 1 aliphatic heterocycles. The van der Waals surface area contributed by atoms with Gasteiger partial charge in [0.1, 0.15) is 6.54 Å². The van der Waals surface area contributed by atoms with E-state index in [1.165, 1.54) is 10.6 Å². The molecule has 0 aliphatic carbocycles. The highest BCUT2D eigenvalue weighted by atomic mass is 16.5. The van der Waals surface area contributed by atoms with Crippen LogP contribution in [0.25, 0.3) is 11.3 Å². The molecule has 6 heteroatoms. The van der Waals surface area contributed by atoms with E-state index in [0.29, 0.717) is 13.2 Å². The number of nitrogens with one attached hydrogen (secondary N) is 1. The molecular weight excluding hydrogens is 294 g/mol. The molecule has 1 N–H and O–H groups in total. The largest absolute Gasteiger partial charge is 0.381 e. The van der Waals surface area contributed by atoms with Gasteiger partial charge in [-0.1, -0.05) is 6.07 Å². The zero-order valence-electron chi connectivity index (χ0n) is 12.8. The van der Waals surface area contributed by atoms with Crippen LogP contribution >= 0.6 is 0 Å². The molecule has 6 nitrogen and oxygen atoms in total. The minimum atomic E-state index is -0.202. The Hall–Kier alpha value is -2.47. The van der Waals surface area contributed by atoms with Crippen molar-refractivity contribution in [2.45, 2.75) is 25.4 Å². The normalized spacial score (nSPS) is 15.3. The number of hydrogen-bond acceptors (Lipinski definition) is 4. The van der Waals surface area contributed by atoms with Gasteiger partial charge in [0, 0.05) is 43.3 Å². The molecule has 1 amide bonds. The Bertz CT molecular complexity index is 721. The fourth-order valence-corrected chi connectivity index (χ4v) is 2.61. The quantitative estimate of drug-likeness (QED) is 0.921. The first-order chi connectivity index (χ1) is 11.2. The number of amides is 1. The zero-order valence-corrected chi connectivity index (χ0v) is 12.8. The summed E-state index contributed by atoms with van der Waals surface area (Å²) in [5.41, 5.74) is 1.38. The Morgan fingerprint density at radius 1 is 1.26 bits per heavy atom. The highest BCUT2D eigenvalue weighted by molar-refractivity contribution is 5.76. The van der Waals surface area contributed by atoms with Gasteiger partial charge in [0.2, 0.25) is 5.91 Å². The molecule has 2 aromatic heterocycles. The van der Waals surface area contributed by atoms with Gasteiger partial charge >= 0.3 is 0 Å². The van der Waals surface area contributed by atoms with E-state index in [0.717, 1.165) is 24.1 Å². The van der Waals surface area contributed by atoms with Gasteiger partial charge in [0.15, 0.2) is 0 Å². The lowest BCUT2D eigenvalue weighted by atomic mass is 10.1. The molecule has 0 unspecified atom stereocenters. The van der Waals surface area contributed by atoms with Gasteiger partial charge in [-0.3, -0.25) is 14.6 Å². The first kappa shape index (κ1) is 15.4. The Morgan fingerprint density at radius 3 is 2.83 bits per heavy atom. The van der Waals surface area contributed by atoms with E-state index in [1.807, 2.05) is 18.2 Å². The zero-order chi connectivity index (χ0) is 16.1. The monoisotopic (exact) mass is 313 g/mol. The minimum absolute atomic E-state index is 0.0108. The van der Waals surface area contributed by atoms with Crippen molar-refractivity contribution in [2.24, 2.45) is 0 Å². The average molecular weight is 313 g/mol. The number of hydrogen-bond donors (Lipinski definition) is 1. The van der Waals surface area contributed by atoms with Crippen molar-refractivity contribution >= 4 is 5.91 Å². The van der Waals surface area contributed by atoms with Crippen molar-refractivity contribution in [3.05, 3.63) is 53.1 Å². The van der Waals surface area contributed by atoms with Gasteiger partial charge in [-0.05, 0) is 31.0 Å². The SMILES string of the molecule is O=C(Cn1cc(-c2ccccn2)ccc1=O)NC1CCOCC1. The van der Waals surface area contributed by atoms with Crippen LogP contribution in [0.15, 0.2) is 47.5 Å². The summed E-state index contributed by atoms with van der Waals surface area (Å²) in [4.78, 5) is 28.4. The maximum absolute atomic E-state index is 12.2. The molecule has 0 radical (unpaired) electrons. The Morgan fingerprint density at radius 2 is 2.09 bits per heavy atom. The predicted octanol–water partition coefficient (Wildman–Crippen LogP) is 1.21. The molecule has 0 spiro atoms. The average Bonchev–Trinajstić information content (AvgIpc) is 2.58. The summed E-state index contributed by atoms with van der Waals surface area (Å²) in [6.07, 6.45) is 5.00. The number of carbonyl (C=O) groups is 1. The van der Waals surface area contributed by atoms with E-state index in [-0.39, 0.29) is 24.1 Å². The van der Waals surface area contributed by atoms with Crippen LogP contribution in [-0.4, -0.2) is 34.7 Å². The first-order valence-electron chi connectivity index (χ1n) is 7.71. The standard InChI is InChI=1S/C17H19N3O3/c21-16(19-14-6-9-23-10-7-14)12-20-11-13(4-5-17(20)22)15-3-1-2-8-18-15/h1-5,8,11,14H,6-7,9-10,12H2,(H,19,21). The molecule has 23 heavy (non-hydrogen) atoms. The summed E-state index contributed by atoms with van der Waals surface area (Å²) in [7, 11) is 0. The smallest absolute Gasteiger partial charge is 0.251 e. The van der Waals surface area contributed by atoms with E-state index in [4.69, 9.17) is 4.74 Å². The molecule has 2 aromatic rings. The topological polar surface area (TPSA) is 73.2 Å². The molecular formula is C17H19N3O3. The van der Waals surface area contributed by atoms with E-state index >= 15 is 0 Å². The molecule has 0 bridgehead atoms. The minimum Gasteiger partial charge on any atom is -0.381 e. The van der Waals surface area contributed by atoms with E-state index < -0.39 is 0 Å². The van der Waals surface area contributed by atoms with Crippen LogP contribution in [0.5, 0.6) is 0 Å². The summed E-state index contributed by atoms with van der Waals surface area (Å²) in [5, 5.41) is 2.96. The predicted molar refractivity (Wildman–Crippen MR) is 85.9 cm³/mol. The molecule has 1 aliphatic rings. The lowest BCUT2D eigenvalue weighted by molar-refractivity contribution is -0.123. The van der Waals surface area contributed by atoms with Gasteiger partial charge in [0.05, 0.1) is 5.69 Å². The number of ether oxygens (including phenoxy) is 1. The molecule has 0 atom stereocenters. The van der Waals surface area contributed by atoms with Crippen LogP contribution in [-0.2, 0) is 16.1 Å². The van der Waals surface area contributed by atoms with E-state index in [2.05, 4.69) is 10.3 Å². The molecule has 3 rings (SSSR count). The van der Waals surface area contributed by atoms with Gasteiger partial charge in [-0.15, -0.1) is 0 Å². The highest BCUT2D eigenvalue weighted by Gasteiger charge is 2.16. The summed E-state index contributed by atoms with van der Waals surface area (Å²) >= 11 is 0. The summed E-state index contributed by atoms with van der Waals surface area (Å²) in [5.74, 6) is -0.155. The third-order valence-electron chi connectivity index (χ3n) is 3.84. The number of carbonyl (C=O) groups excluding carboxylic acids is 1. The molecule has 3 heterocycles. The number of nitrogens with zero attached hydrogens (tertiary/aromatic N) is 2. The first-order valence-corrected chi connectivity index (χ1v) is 7.71. The second-order valence-corrected chi connectivity index (χ2v) is 5.55. The third kappa shape index (κ3) is 4.04. The fraction of sp³-hybridized carbons (Fsp3) is 0.353. The number of rotatable bonds is 4. The number of aromatic nitrogens is 2. The molecule has 1 saturated heterocycles. The molecule has 120 valence electrons. The molecule has 0 saturated carbocycles. The van der Waals surface area contributed by atoms with Crippen molar-refractivity contribution in [2.75, 3.05) is 13.2 Å². The summed E-state index contributed by atoms with van der Waals surface area (Å²) < 4.78 is 6.69. The molecule has 1 fully saturated rings. The lowest BCUT2D eigenvalue weighted by Gasteiger charge is -2.23. The second-order valence-electron chi connectivity index (χ2n) is 5.55. The van der Waals surface area contributed by atoms with Crippen molar-refractivity contribution in [1.82, 2.24) is 14.9 Å². The summed E-state index contributed by atoms with van der Waals surface area (Å²) in [6, 6.07) is 8.90. The van der Waals surface area contributed by atoms with Crippen molar-refractivity contribution < 1.29 is 9.53 Å². The van der Waals surface area contributed by atoms with Gasteiger partial charge in [-0.25, -0.2) is 0 Å². The Balaban J connectivity index is 1.72.